The maximum absolute atomic E-state index is 15.0. The Balaban J connectivity index is 2.17. The van der Waals surface area contributed by atoms with Crippen molar-refractivity contribution < 1.29 is 23.8 Å². The van der Waals surface area contributed by atoms with Gasteiger partial charge in [0.1, 0.15) is 0 Å². The van der Waals surface area contributed by atoms with Gasteiger partial charge in [-0.25, -0.2) is 4.39 Å². The fourth-order valence-electron chi connectivity index (χ4n) is 3.55. The minimum absolute atomic E-state index is 0.0368. The molecule has 0 bridgehead atoms. The summed E-state index contributed by atoms with van der Waals surface area (Å²) in [6.45, 7) is 5.51. The number of halogens is 2. The molecule has 5 nitrogen and oxygen atoms in total. The fourth-order valence-corrected chi connectivity index (χ4v) is 3.68. The molecule has 2 aromatic carbocycles. The van der Waals surface area contributed by atoms with Crippen molar-refractivity contribution in [3.8, 4) is 5.75 Å². The molecule has 1 heterocycles. The first kappa shape index (κ1) is 21.8. The number of fused-ring (bicyclic) bond motifs is 1. The first-order chi connectivity index (χ1) is 14.3. The molecule has 0 fully saturated rings. The highest BCUT2D eigenvalue weighted by molar-refractivity contribution is 6.30. The molecule has 0 amide bonds. The number of aromatic nitrogens is 1. The topological polar surface area (TPSA) is 68.5 Å². The number of phenols is 1. The molecule has 0 aliphatic heterocycles. The summed E-state index contributed by atoms with van der Waals surface area (Å²) in [4.78, 5) is 25.8. The second-order valence-corrected chi connectivity index (χ2v) is 7.62. The average molecular weight is 432 g/mol. The molecule has 158 valence electrons. The molecule has 7 heteroatoms. The van der Waals surface area contributed by atoms with E-state index in [9.17, 15) is 19.1 Å². The van der Waals surface area contributed by atoms with E-state index >= 15 is 0 Å². The summed E-state index contributed by atoms with van der Waals surface area (Å²) >= 11 is 5.91. The van der Waals surface area contributed by atoms with Gasteiger partial charge in [0.05, 0.1) is 18.0 Å². The molecule has 1 aromatic heterocycles. The van der Waals surface area contributed by atoms with Crippen LogP contribution in [0, 0.1) is 12.7 Å². The molecule has 1 N–H and O–H groups in total. The number of hydrogen-bond donors (Lipinski definition) is 1. The molecule has 0 spiro atoms. The van der Waals surface area contributed by atoms with Crippen LogP contribution < -0.4 is 0 Å². The van der Waals surface area contributed by atoms with Gasteiger partial charge < -0.3 is 9.84 Å². The maximum atomic E-state index is 15.0. The smallest absolute Gasteiger partial charge is 0.313 e. The van der Waals surface area contributed by atoms with Crippen LogP contribution in [0.5, 0.6) is 5.75 Å². The summed E-state index contributed by atoms with van der Waals surface area (Å²) < 4.78 is 21.6. The minimum Gasteiger partial charge on any atom is -0.505 e. The van der Waals surface area contributed by atoms with E-state index in [2.05, 4.69) is 0 Å². The zero-order valence-corrected chi connectivity index (χ0v) is 17.8. The quantitative estimate of drug-likeness (QED) is 0.408. The molecule has 0 saturated carbocycles. The van der Waals surface area contributed by atoms with Crippen LogP contribution >= 0.6 is 11.6 Å². The highest BCUT2D eigenvalue weighted by Crippen LogP contribution is 2.37. The number of unbranched alkanes of at least 4 members (excludes halogenated alkanes) is 1. The van der Waals surface area contributed by atoms with Gasteiger partial charge in [-0.05, 0) is 62.2 Å². The Labute approximate surface area is 179 Å². The van der Waals surface area contributed by atoms with E-state index in [4.69, 9.17) is 16.3 Å². The van der Waals surface area contributed by atoms with Crippen molar-refractivity contribution in [1.82, 2.24) is 4.57 Å². The fraction of sp³-hybridized carbons (Fsp3) is 0.304. The highest BCUT2D eigenvalue weighted by atomic mass is 35.5. The zero-order chi connectivity index (χ0) is 22.0. The summed E-state index contributed by atoms with van der Waals surface area (Å²) in [5.41, 5.74) is 1.36. The molecular formula is C23H23ClFNO4. The predicted octanol–water partition coefficient (Wildman–Crippen LogP) is 5.58. The van der Waals surface area contributed by atoms with Crippen molar-refractivity contribution in [2.75, 3.05) is 6.61 Å². The maximum Gasteiger partial charge on any atom is 0.313 e. The summed E-state index contributed by atoms with van der Waals surface area (Å²) in [5, 5.41) is 10.4. The third-order valence-electron chi connectivity index (χ3n) is 5.16. The lowest BCUT2D eigenvalue weighted by atomic mass is 9.97. The Bertz CT molecular complexity index is 1100. The number of nitrogens with zero attached hydrogens (tertiary/aromatic N) is 1. The van der Waals surface area contributed by atoms with Gasteiger partial charge >= 0.3 is 5.97 Å². The monoisotopic (exact) mass is 431 g/mol. The third-order valence-corrected chi connectivity index (χ3v) is 5.41. The average Bonchev–Trinajstić information content (AvgIpc) is 3.02. The van der Waals surface area contributed by atoms with E-state index in [1.807, 2.05) is 6.92 Å². The van der Waals surface area contributed by atoms with Crippen LogP contribution in [0.1, 0.15) is 54.2 Å². The predicted molar refractivity (Wildman–Crippen MR) is 114 cm³/mol. The normalized spacial score (nSPS) is 12.2. The van der Waals surface area contributed by atoms with Gasteiger partial charge in [-0.3, -0.25) is 14.2 Å². The van der Waals surface area contributed by atoms with Crippen LogP contribution in [-0.2, 0) is 9.53 Å². The van der Waals surface area contributed by atoms with Gasteiger partial charge in [0.2, 0.25) is 0 Å². The highest BCUT2D eigenvalue weighted by Gasteiger charge is 2.30. The Morgan fingerprint density at radius 2 is 1.87 bits per heavy atom. The van der Waals surface area contributed by atoms with Gasteiger partial charge in [0, 0.05) is 21.7 Å². The summed E-state index contributed by atoms with van der Waals surface area (Å²) in [7, 11) is 0. The van der Waals surface area contributed by atoms with Crippen molar-refractivity contribution in [3.63, 3.8) is 0 Å². The second kappa shape index (κ2) is 8.88. The van der Waals surface area contributed by atoms with Gasteiger partial charge in [-0.2, -0.15) is 0 Å². The lowest BCUT2D eigenvalue weighted by Crippen LogP contribution is -2.17. The summed E-state index contributed by atoms with van der Waals surface area (Å²) in [6.07, 6.45) is 1.60. The Kier molecular flexibility index (Phi) is 6.46. The van der Waals surface area contributed by atoms with E-state index in [-0.39, 0.29) is 17.5 Å². The third kappa shape index (κ3) is 3.92. The first-order valence-corrected chi connectivity index (χ1v) is 10.1. The summed E-state index contributed by atoms with van der Waals surface area (Å²) in [6, 6.07) is 9.00. The van der Waals surface area contributed by atoms with Gasteiger partial charge in [0.15, 0.2) is 11.6 Å². The molecule has 30 heavy (non-hydrogen) atoms. The number of hydrogen-bond acceptors (Lipinski definition) is 4. The number of aromatic hydroxyl groups is 1. The minimum atomic E-state index is -0.874. The molecule has 3 aromatic rings. The molecule has 0 aliphatic carbocycles. The van der Waals surface area contributed by atoms with Crippen molar-refractivity contribution in [1.29, 1.82) is 0 Å². The van der Waals surface area contributed by atoms with Crippen LogP contribution in [0.15, 0.2) is 36.4 Å². The first-order valence-electron chi connectivity index (χ1n) is 9.77. The van der Waals surface area contributed by atoms with Crippen LogP contribution in [0.2, 0.25) is 5.02 Å². The van der Waals surface area contributed by atoms with E-state index < -0.39 is 29.4 Å². The number of rotatable bonds is 6. The van der Waals surface area contributed by atoms with Gasteiger partial charge in [-0.1, -0.05) is 24.9 Å². The largest absolute Gasteiger partial charge is 0.505 e. The van der Waals surface area contributed by atoms with Crippen molar-refractivity contribution in [3.05, 3.63) is 64.1 Å². The second-order valence-electron chi connectivity index (χ2n) is 7.18. The number of phenolic OH excluding ortho intramolecular Hbond substituents is 1. The zero-order valence-electron chi connectivity index (χ0n) is 17.0. The van der Waals surface area contributed by atoms with Crippen molar-refractivity contribution in [2.45, 2.75) is 39.5 Å². The number of esters is 1. The Morgan fingerprint density at radius 3 is 2.50 bits per heavy atom. The van der Waals surface area contributed by atoms with Crippen LogP contribution in [-0.4, -0.2) is 28.2 Å². The van der Waals surface area contributed by atoms with Crippen LogP contribution in [0.25, 0.3) is 10.9 Å². The summed E-state index contributed by atoms with van der Waals surface area (Å²) in [5.74, 6) is -3.14. The van der Waals surface area contributed by atoms with Gasteiger partial charge in [-0.15, -0.1) is 0 Å². The standard InChI is InChI=1S/C23H23ClFNO4/c1-4-5-12-30-23(29)13(2)19-14(3)26(17-10-11-18(27)21(25)20(17)19)22(28)15-6-8-16(24)9-7-15/h6-11,13,27H,4-5,12H2,1-3H3/t13-/m0/s1. The number of ether oxygens (including phenoxy) is 1. The molecule has 0 radical (unpaired) electrons. The van der Waals surface area contributed by atoms with Crippen LogP contribution in [0.3, 0.4) is 0 Å². The molecule has 0 aliphatic rings. The van der Waals surface area contributed by atoms with E-state index in [0.29, 0.717) is 21.8 Å². The van der Waals surface area contributed by atoms with Crippen LogP contribution in [0.4, 0.5) is 4.39 Å². The van der Waals surface area contributed by atoms with Crippen molar-refractivity contribution >= 4 is 34.4 Å². The molecule has 1 atom stereocenters. The number of carbonyl (C=O) groups excluding carboxylic acids is 2. The number of benzene rings is 2. The molecule has 3 rings (SSSR count). The van der Waals surface area contributed by atoms with E-state index in [1.54, 1.807) is 38.1 Å². The molecule has 0 unspecified atom stereocenters. The SMILES string of the molecule is CCCCOC(=O)[C@@H](C)c1c(C)n(C(=O)c2ccc(Cl)cc2)c2ccc(O)c(F)c12. The van der Waals surface area contributed by atoms with E-state index in [1.165, 1.54) is 16.7 Å². The van der Waals surface area contributed by atoms with E-state index in [0.717, 1.165) is 12.8 Å². The van der Waals surface area contributed by atoms with Crippen molar-refractivity contribution in [2.24, 2.45) is 0 Å². The Morgan fingerprint density at radius 1 is 1.20 bits per heavy atom. The lowest BCUT2D eigenvalue weighted by Gasteiger charge is -2.13. The number of carbonyl (C=O) groups is 2. The molecule has 0 saturated heterocycles. The molecular weight excluding hydrogens is 409 g/mol. The van der Waals surface area contributed by atoms with Gasteiger partial charge in [0.25, 0.3) is 5.91 Å². The Hall–Kier alpha value is -2.86. The lowest BCUT2D eigenvalue weighted by molar-refractivity contribution is -0.145.